The van der Waals surface area contributed by atoms with Crippen LogP contribution < -0.4 is 0 Å². The van der Waals surface area contributed by atoms with Crippen molar-refractivity contribution in [2.24, 2.45) is 4.99 Å². The van der Waals surface area contributed by atoms with Crippen LogP contribution in [0.5, 0.6) is 0 Å². The molecule has 3 nitrogen and oxygen atoms in total. The van der Waals surface area contributed by atoms with Gasteiger partial charge in [-0.1, -0.05) is 13.3 Å². The summed E-state index contributed by atoms with van der Waals surface area (Å²) in [5, 5.41) is 0.282. The van der Waals surface area contributed by atoms with Crippen molar-refractivity contribution in [3.63, 3.8) is 0 Å². The highest BCUT2D eigenvalue weighted by Gasteiger charge is 2.22. The van der Waals surface area contributed by atoms with Crippen LogP contribution in [0.25, 0.3) is 0 Å². The molecule has 13 heavy (non-hydrogen) atoms. The van der Waals surface area contributed by atoms with E-state index in [2.05, 4.69) is 11.9 Å². The van der Waals surface area contributed by atoms with Crippen LogP contribution in [0.1, 0.15) is 26.7 Å². The number of nitrogens with zero attached hydrogens (tertiary/aromatic N) is 1. The van der Waals surface area contributed by atoms with E-state index >= 15 is 0 Å². The summed E-state index contributed by atoms with van der Waals surface area (Å²) in [5.41, 5.74) is 0.602. The van der Waals surface area contributed by atoms with Crippen molar-refractivity contribution < 1.29 is 9.53 Å². The minimum atomic E-state index is -0.242. The van der Waals surface area contributed by atoms with Gasteiger partial charge in [0.2, 0.25) is 0 Å². The number of aliphatic imine (C=N–C) groups is 1. The van der Waals surface area contributed by atoms with Crippen LogP contribution in [0.4, 0.5) is 0 Å². The van der Waals surface area contributed by atoms with Crippen LogP contribution in [0.15, 0.2) is 4.99 Å². The number of hydrogen-bond acceptors (Lipinski definition) is 4. The van der Waals surface area contributed by atoms with Crippen LogP contribution in [0.3, 0.4) is 0 Å². The molecule has 1 aliphatic rings. The molecule has 1 rings (SSSR count). The Morgan fingerprint density at radius 2 is 2.46 bits per heavy atom. The number of hydrogen-bond donors (Lipinski definition) is 0. The summed E-state index contributed by atoms with van der Waals surface area (Å²) in [6.45, 7) is 4.36. The van der Waals surface area contributed by atoms with E-state index in [1.54, 1.807) is 11.8 Å². The largest absolute Gasteiger partial charge is 0.461 e. The maximum absolute atomic E-state index is 11.2. The van der Waals surface area contributed by atoms with Gasteiger partial charge in [-0.15, -0.1) is 11.8 Å². The molecular weight excluding hydrogens is 186 g/mol. The second-order valence-corrected chi connectivity index (χ2v) is 4.02. The molecule has 0 aromatic rings. The molecule has 0 N–H and O–H groups in total. The van der Waals surface area contributed by atoms with Crippen LogP contribution in [-0.4, -0.2) is 29.4 Å². The second-order valence-electron chi connectivity index (χ2n) is 2.85. The van der Waals surface area contributed by atoms with E-state index in [-0.39, 0.29) is 11.3 Å². The average Bonchev–Trinajstić information content (AvgIpc) is 2.54. The molecule has 0 saturated carbocycles. The van der Waals surface area contributed by atoms with E-state index in [1.807, 2.05) is 6.92 Å². The van der Waals surface area contributed by atoms with Gasteiger partial charge >= 0.3 is 5.97 Å². The third-order valence-electron chi connectivity index (χ3n) is 1.76. The van der Waals surface area contributed by atoms with Crippen molar-refractivity contribution in [2.45, 2.75) is 32.1 Å². The summed E-state index contributed by atoms with van der Waals surface area (Å²) in [6.07, 6.45) is 2.16. The molecular formula is C9H15NO2S. The average molecular weight is 201 g/mol. The first-order valence-electron chi connectivity index (χ1n) is 4.63. The summed E-state index contributed by atoms with van der Waals surface area (Å²) in [6, 6.07) is 0. The van der Waals surface area contributed by atoms with E-state index < -0.39 is 0 Å². The van der Waals surface area contributed by atoms with Gasteiger partial charge in [0, 0.05) is 5.75 Å². The molecule has 1 atom stereocenters. The Morgan fingerprint density at radius 3 is 3.08 bits per heavy atom. The van der Waals surface area contributed by atoms with Crippen LogP contribution in [-0.2, 0) is 9.53 Å². The van der Waals surface area contributed by atoms with Gasteiger partial charge in [0.15, 0.2) is 0 Å². The van der Waals surface area contributed by atoms with Gasteiger partial charge < -0.3 is 4.74 Å². The summed E-state index contributed by atoms with van der Waals surface area (Å²) in [5.74, 6) is 0.470. The molecule has 1 aliphatic heterocycles. The number of carbonyl (C=O) groups excluding carboxylic acids is 1. The Balaban J connectivity index is 2.43. The standard InChI is InChI=1S/C9H15NO2S/c1-3-5-8-10-7(6-13-8)9(11)12-4-2/h8H,3-6H2,1-2H3. The maximum atomic E-state index is 11.2. The Bertz CT molecular complexity index is 216. The fraction of sp³-hybridized carbons (Fsp3) is 0.778. The molecule has 0 aliphatic carbocycles. The number of rotatable bonds is 4. The molecule has 0 bridgehead atoms. The Hall–Kier alpha value is -0.510. The molecule has 0 amide bonds. The number of esters is 1. The molecule has 0 aromatic heterocycles. The van der Waals surface area contributed by atoms with Crippen molar-refractivity contribution in [1.82, 2.24) is 0 Å². The van der Waals surface area contributed by atoms with Gasteiger partial charge in [0.25, 0.3) is 0 Å². The predicted molar refractivity (Wildman–Crippen MR) is 55.2 cm³/mol. The number of ether oxygens (including phenoxy) is 1. The molecule has 0 saturated heterocycles. The Kier molecular flexibility index (Phi) is 4.28. The van der Waals surface area contributed by atoms with Gasteiger partial charge in [-0.3, -0.25) is 4.99 Å². The summed E-state index contributed by atoms with van der Waals surface area (Å²) in [4.78, 5) is 15.5. The molecule has 74 valence electrons. The van der Waals surface area contributed by atoms with E-state index in [9.17, 15) is 4.79 Å². The zero-order valence-corrected chi connectivity index (χ0v) is 8.89. The monoisotopic (exact) mass is 201 g/mol. The van der Waals surface area contributed by atoms with Crippen LogP contribution >= 0.6 is 11.8 Å². The van der Waals surface area contributed by atoms with Gasteiger partial charge in [0.05, 0.1) is 12.0 Å². The van der Waals surface area contributed by atoms with Crippen molar-refractivity contribution in [1.29, 1.82) is 0 Å². The molecule has 0 spiro atoms. The first-order chi connectivity index (χ1) is 6.27. The van der Waals surface area contributed by atoms with Gasteiger partial charge in [0.1, 0.15) is 5.71 Å². The predicted octanol–water partition coefficient (Wildman–Crippen LogP) is 1.86. The lowest BCUT2D eigenvalue weighted by Gasteiger charge is -2.00. The minimum absolute atomic E-state index is 0.242. The summed E-state index contributed by atoms with van der Waals surface area (Å²) < 4.78 is 4.87. The first-order valence-corrected chi connectivity index (χ1v) is 5.68. The van der Waals surface area contributed by atoms with E-state index in [0.717, 1.165) is 12.8 Å². The van der Waals surface area contributed by atoms with Crippen LogP contribution in [0.2, 0.25) is 0 Å². The number of carbonyl (C=O) groups is 1. The van der Waals surface area contributed by atoms with Crippen molar-refractivity contribution in [3.05, 3.63) is 0 Å². The zero-order valence-electron chi connectivity index (χ0n) is 8.08. The van der Waals surface area contributed by atoms with E-state index in [0.29, 0.717) is 18.1 Å². The Labute approximate surface area is 82.9 Å². The third-order valence-corrected chi connectivity index (χ3v) is 2.92. The zero-order chi connectivity index (χ0) is 9.68. The second kappa shape index (κ2) is 5.27. The lowest BCUT2D eigenvalue weighted by molar-refractivity contribution is -0.135. The summed E-state index contributed by atoms with van der Waals surface area (Å²) >= 11 is 1.72. The summed E-state index contributed by atoms with van der Waals surface area (Å²) in [7, 11) is 0. The third kappa shape index (κ3) is 3.03. The normalized spacial score (nSPS) is 21.4. The highest BCUT2D eigenvalue weighted by molar-refractivity contribution is 8.01. The minimum Gasteiger partial charge on any atom is -0.461 e. The quantitative estimate of drug-likeness (QED) is 0.652. The lowest BCUT2D eigenvalue weighted by Crippen LogP contribution is -2.17. The van der Waals surface area contributed by atoms with Gasteiger partial charge in [-0.05, 0) is 13.3 Å². The highest BCUT2D eigenvalue weighted by Crippen LogP contribution is 2.24. The molecule has 1 heterocycles. The Morgan fingerprint density at radius 1 is 1.69 bits per heavy atom. The topological polar surface area (TPSA) is 38.7 Å². The molecule has 0 radical (unpaired) electrons. The molecule has 0 aromatic carbocycles. The highest BCUT2D eigenvalue weighted by atomic mass is 32.2. The van der Waals surface area contributed by atoms with Crippen molar-refractivity contribution in [2.75, 3.05) is 12.4 Å². The fourth-order valence-electron chi connectivity index (χ4n) is 1.14. The first kappa shape index (κ1) is 10.6. The molecule has 1 unspecified atom stereocenters. The fourth-order valence-corrected chi connectivity index (χ4v) is 2.29. The van der Waals surface area contributed by atoms with Crippen molar-refractivity contribution >= 4 is 23.4 Å². The van der Waals surface area contributed by atoms with E-state index in [4.69, 9.17) is 4.74 Å². The smallest absolute Gasteiger partial charge is 0.353 e. The van der Waals surface area contributed by atoms with E-state index in [1.165, 1.54) is 0 Å². The SMILES string of the molecule is CCCC1N=C(C(=O)OCC)CS1. The van der Waals surface area contributed by atoms with Gasteiger partial charge in [-0.2, -0.15) is 0 Å². The molecule has 4 heteroatoms. The number of thioether (sulfide) groups is 1. The molecule has 0 fully saturated rings. The lowest BCUT2D eigenvalue weighted by atomic mass is 10.3. The van der Waals surface area contributed by atoms with Gasteiger partial charge in [-0.25, -0.2) is 4.79 Å². The van der Waals surface area contributed by atoms with Crippen molar-refractivity contribution in [3.8, 4) is 0 Å². The van der Waals surface area contributed by atoms with Crippen LogP contribution in [0, 0.1) is 0 Å². The maximum Gasteiger partial charge on any atom is 0.353 e.